The molecule has 3 aromatic heterocycles. The largest absolute Gasteiger partial charge is 0.330 e. The normalized spacial score (nSPS) is 16.5. The van der Waals surface area contributed by atoms with Gasteiger partial charge in [0.25, 0.3) is 5.91 Å². The number of anilines is 2. The molecule has 0 spiro atoms. The summed E-state index contributed by atoms with van der Waals surface area (Å²) >= 11 is 0. The van der Waals surface area contributed by atoms with Crippen LogP contribution in [0.1, 0.15) is 34.9 Å². The van der Waals surface area contributed by atoms with Crippen molar-refractivity contribution in [3.8, 4) is 0 Å². The van der Waals surface area contributed by atoms with Crippen molar-refractivity contribution >= 4 is 17.5 Å². The lowest BCUT2D eigenvalue weighted by atomic mass is 10.1. The van der Waals surface area contributed by atoms with Crippen molar-refractivity contribution < 1.29 is 9.18 Å². The Hall–Kier alpha value is -3.29. The van der Waals surface area contributed by atoms with Crippen LogP contribution in [0, 0.1) is 5.82 Å². The van der Waals surface area contributed by atoms with E-state index >= 15 is 0 Å². The van der Waals surface area contributed by atoms with Gasteiger partial charge in [-0.2, -0.15) is 5.10 Å². The average Bonchev–Trinajstić information content (AvgIpc) is 3.32. The number of aromatic nitrogens is 4. The number of nitrogens with zero attached hydrogens (tertiary/aromatic N) is 5. The third-order valence-electron chi connectivity index (χ3n) is 4.56. The molecular formula is C19H19FN6O. The molecule has 0 saturated carbocycles. The van der Waals surface area contributed by atoms with Crippen molar-refractivity contribution in [2.24, 2.45) is 7.05 Å². The van der Waals surface area contributed by atoms with Gasteiger partial charge in [-0.3, -0.25) is 9.48 Å². The first-order chi connectivity index (χ1) is 13.1. The zero-order chi connectivity index (χ0) is 18.8. The Kier molecular flexibility index (Phi) is 4.53. The van der Waals surface area contributed by atoms with E-state index in [1.165, 1.54) is 6.07 Å². The summed E-state index contributed by atoms with van der Waals surface area (Å²) in [5.74, 6) is 0.687. The Balaban J connectivity index is 1.55. The fraction of sp³-hybridized carbons (Fsp3) is 0.263. The summed E-state index contributed by atoms with van der Waals surface area (Å²) in [5, 5.41) is 7.15. The zero-order valence-corrected chi connectivity index (χ0v) is 14.8. The van der Waals surface area contributed by atoms with E-state index in [9.17, 15) is 9.18 Å². The molecule has 8 heteroatoms. The molecule has 0 bridgehead atoms. The minimum atomic E-state index is -0.391. The second kappa shape index (κ2) is 7.14. The quantitative estimate of drug-likeness (QED) is 0.768. The molecule has 138 valence electrons. The number of halogens is 1. The van der Waals surface area contributed by atoms with E-state index in [0.29, 0.717) is 23.7 Å². The Morgan fingerprint density at radius 1 is 1.22 bits per heavy atom. The summed E-state index contributed by atoms with van der Waals surface area (Å²) in [6, 6.07) is 8.43. The van der Waals surface area contributed by atoms with Gasteiger partial charge in [0.15, 0.2) is 0 Å². The lowest BCUT2D eigenvalue weighted by Gasteiger charge is -2.24. The molecule has 0 aromatic carbocycles. The minimum Gasteiger partial charge on any atom is -0.330 e. The summed E-state index contributed by atoms with van der Waals surface area (Å²) in [6.45, 7) is 0.692. The third-order valence-corrected chi connectivity index (χ3v) is 4.56. The van der Waals surface area contributed by atoms with E-state index in [-0.39, 0.29) is 11.9 Å². The second-order valence-corrected chi connectivity index (χ2v) is 6.49. The predicted octanol–water partition coefficient (Wildman–Crippen LogP) is 3.07. The number of likely N-dealkylation sites (tertiary alicyclic amines) is 1. The van der Waals surface area contributed by atoms with Crippen LogP contribution in [0.2, 0.25) is 0 Å². The fourth-order valence-electron chi connectivity index (χ4n) is 3.30. The van der Waals surface area contributed by atoms with E-state index < -0.39 is 5.82 Å². The van der Waals surface area contributed by atoms with E-state index in [1.807, 2.05) is 23.1 Å². The standard InChI is InChI=1S/C19H19FN6O/c1-25-12-13(10-22-25)19(27)26-9-3-5-16(26)15-4-2-6-18(23-15)24-17-8-7-14(20)11-21-17/h2,4,6-8,10-12,16H,3,5,9H2,1H3,(H,21,23,24). The van der Waals surface area contributed by atoms with Gasteiger partial charge < -0.3 is 10.2 Å². The molecule has 27 heavy (non-hydrogen) atoms. The summed E-state index contributed by atoms with van der Waals surface area (Å²) in [6.07, 6.45) is 6.25. The van der Waals surface area contributed by atoms with Gasteiger partial charge in [-0.05, 0) is 37.1 Å². The molecule has 4 rings (SSSR count). The van der Waals surface area contributed by atoms with E-state index in [0.717, 1.165) is 24.7 Å². The maximum absolute atomic E-state index is 13.0. The van der Waals surface area contributed by atoms with Crippen molar-refractivity contribution in [3.63, 3.8) is 0 Å². The van der Waals surface area contributed by atoms with Gasteiger partial charge in [0.05, 0.1) is 29.7 Å². The first-order valence-corrected chi connectivity index (χ1v) is 8.75. The summed E-state index contributed by atoms with van der Waals surface area (Å²) in [4.78, 5) is 23.3. The smallest absolute Gasteiger partial charge is 0.257 e. The number of carbonyl (C=O) groups excluding carboxylic acids is 1. The van der Waals surface area contributed by atoms with Crippen molar-refractivity contribution in [1.82, 2.24) is 24.6 Å². The van der Waals surface area contributed by atoms with Crippen LogP contribution in [0.25, 0.3) is 0 Å². The molecule has 1 saturated heterocycles. The fourth-order valence-corrected chi connectivity index (χ4v) is 3.30. The molecule has 1 fully saturated rings. The van der Waals surface area contributed by atoms with Crippen LogP contribution in [0.15, 0.2) is 48.9 Å². The average molecular weight is 366 g/mol. The molecule has 1 unspecified atom stereocenters. The van der Waals surface area contributed by atoms with Gasteiger partial charge in [0, 0.05) is 19.8 Å². The Labute approximate surface area is 155 Å². The molecule has 1 aliphatic heterocycles. The van der Waals surface area contributed by atoms with Crippen LogP contribution in [0.5, 0.6) is 0 Å². The predicted molar refractivity (Wildman–Crippen MR) is 97.9 cm³/mol. The van der Waals surface area contributed by atoms with Crippen LogP contribution in [-0.2, 0) is 7.05 Å². The van der Waals surface area contributed by atoms with Crippen molar-refractivity contribution in [1.29, 1.82) is 0 Å². The molecule has 1 amide bonds. The molecule has 1 atom stereocenters. The second-order valence-electron chi connectivity index (χ2n) is 6.49. The molecule has 3 aromatic rings. The van der Waals surface area contributed by atoms with E-state index in [1.54, 1.807) is 30.2 Å². The number of aryl methyl sites for hydroxylation is 1. The lowest BCUT2D eigenvalue weighted by Crippen LogP contribution is -2.30. The van der Waals surface area contributed by atoms with Crippen LogP contribution >= 0.6 is 0 Å². The van der Waals surface area contributed by atoms with Crippen molar-refractivity contribution in [2.45, 2.75) is 18.9 Å². The van der Waals surface area contributed by atoms with Crippen LogP contribution in [-0.4, -0.2) is 37.1 Å². The number of rotatable bonds is 4. The number of pyridine rings is 2. The van der Waals surface area contributed by atoms with Gasteiger partial charge in [-0.25, -0.2) is 14.4 Å². The molecule has 4 heterocycles. The number of carbonyl (C=O) groups is 1. The Bertz CT molecular complexity index is 955. The first kappa shape index (κ1) is 17.1. The van der Waals surface area contributed by atoms with Crippen LogP contribution < -0.4 is 5.32 Å². The minimum absolute atomic E-state index is 0.0361. The van der Waals surface area contributed by atoms with Crippen LogP contribution in [0.3, 0.4) is 0 Å². The first-order valence-electron chi connectivity index (χ1n) is 8.75. The highest BCUT2D eigenvalue weighted by molar-refractivity contribution is 5.94. The molecule has 7 nitrogen and oxygen atoms in total. The molecule has 1 N–H and O–H groups in total. The Morgan fingerprint density at radius 3 is 2.85 bits per heavy atom. The highest BCUT2D eigenvalue weighted by Crippen LogP contribution is 2.32. The van der Waals surface area contributed by atoms with Gasteiger partial charge >= 0.3 is 0 Å². The topological polar surface area (TPSA) is 75.9 Å². The Morgan fingerprint density at radius 2 is 2.11 bits per heavy atom. The SMILES string of the molecule is Cn1cc(C(=O)N2CCCC2c2cccc(Nc3ccc(F)cn3)n2)cn1. The molecule has 1 aliphatic rings. The zero-order valence-electron chi connectivity index (χ0n) is 14.8. The highest BCUT2D eigenvalue weighted by Gasteiger charge is 2.32. The molecule has 0 aliphatic carbocycles. The maximum atomic E-state index is 13.0. The number of hydrogen-bond donors (Lipinski definition) is 1. The summed E-state index contributed by atoms with van der Waals surface area (Å²) in [7, 11) is 1.79. The van der Waals surface area contributed by atoms with Gasteiger partial charge in [0.1, 0.15) is 17.5 Å². The molecular weight excluding hydrogens is 347 g/mol. The van der Waals surface area contributed by atoms with Gasteiger partial charge in [-0.15, -0.1) is 0 Å². The van der Waals surface area contributed by atoms with Crippen molar-refractivity contribution in [3.05, 3.63) is 66.0 Å². The number of nitrogens with one attached hydrogen (secondary N) is 1. The lowest BCUT2D eigenvalue weighted by molar-refractivity contribution is 0.0733. The summed E-state index contributed by atoms with van der Waals surface area (Å²) in [5.41, 5.74) is 1.39. The van der Waals surface area contributed by atoms with E-state index in [4.69, 9.17) is 0 Å². The number of amides is 1. The monoisotopic (exact) mass is 366 g/mol. The van der Waals surface area contributed by atoms with Crippen LogP contribution in [0.4, 0.5) is 16.0 Å². The molecule has 0 radical (unpaired) electrons. The number of hydrogen-bond acceptors (Lipinski definition) is 5. The third kappa shape index (κ3) is 3.64. The maximum Gasteiger partial charge on any atom is 0.257 e. The van der Waals surface area contributed by atoms with Gasteiger partial charge in [-0.1, -0.05) is 6.07 Å². The van der Waals surface area contributed by atoms with Gasteiger partial charge in [0.2, 0.25) is 0 Å². The van der Waals surface area contributed by atoms with Crippen molar-refractivity contribution in [2.75, 3.05) is 11.9 Å². The van der Waals surface area contributed by atoms with E-state index in [2.05, 4.69) is 20.4 Å². The highest BCUT2D eigenvalue weighted by atomic mass is 19.1. The summed E-state index contributed by atoms with van der Waals surface area (Å²) < 4.78 is 14.6.